The Balaban J connectivity index is 1.83. The molecule has 0 radical (unpaired) electrons. The van der Waals surface area contributed by atoms with Crippen molar-refractivity contribution >= 4 is 11.8 Å². The van der Waals surface area contributed by atoms with Crippen LogP contribution in [-0.4, -0.2) is 24.1 Å². The first-order valence-electron chi connectivity index (χ1n) is 6.00. The van der Waals surface area contributed by atoms with Gasteiger partial charge in [-0.15, -0.1) is 0 Å². The fourth-order valence-electron chi connectivity index (χ4n) is 1.96. The summed E-state index contributed by atoms with van der Waals surface area (Å²) in [5.74, 6) is -0.0335. The third-order valence-electron chi connectivity index (χ3n) is 3.39. The SMILES string of the molecule is CSC1(CNCC(C#N)c2ccccc2)CC1. The zero-order valence-corrected chi connectivity index (χ0v) is 11.0. The lowest BCUT2D eigenvalue weighted by Crippen LogP contribution is -2.29. The normalized spacial score (nSPS) is 18.4. The standard InChI is InChI=1S/C14H18N2S/c1-17-14(7-8-14)11-16-10-13(9-15)12-5-3-2-4-6-12/h2-6,13,16H,7-8,10-11H2,1H3. The smallest absolute Gasteiger partial charge is 0.0837 e. The average molecular weight is 246 g/mol. The van der Waals surface area contributed by atoms with Gasteiger partial charge in [-0.1, -0.05) is 30.3 Å². The van der Waals surface area contributed by atoms with E-state index in [0.29, 0.717) is 4.75 Å². The summed E-state index contributed by atoms with van der Waals surface area (Å²) in [6.07, 6.45) is 4.79. The van der Waals surface area contributed by atoms with E-state index in [0.717, 1.165) is 18.7 Å². The van der Waals surface area contributed by atoms with Gasteiger partial charge in [0.2, 0.25) is 0 Å². The number of nitrogens with zero attached hydrogens (tertiary/aromatic N) is 1. The van der Waals surface area contributed by atoms with Gasteiger partial charge in [-0.3, -0.25) is 0 Å². The van der Waals surface area contributed by atoms with Crippen LogP contribution in [-0.2, 0) is 0 Å². The molecule has 1 atom stereocenters. The molecule has 17 heavy (non-hydrogen) atoms. The molecule has 2 rings (SSSR count). The van der Waals surface area contributed by atoms with E-state index in [9.17, 15) is 5.26 Å². The van der Waals surface area contributed by atoms with Gasteiger partial charge in [-0.25, -0.2) is 0 Å². The molecule has 0 bridgehead atoms. The van der Waals surface area contributed by atoms with E-state index in [1.165, 1.54) is 12.8 Å². The van der Waals surface area contributed by atoms with Crippen LogP contribution in [0.1, 0.15) is 24.3 Å². The molecular weight excluding hydrogens is 228 g/mol. The molecule has 90 valence electrons. The molecule has 1 aliphatic rings. The summed E-state index contributed by atoms with van der Waals surface area (Å²) in [4.78, 5) is 0. The Labute approximate surface area is 107 Å². The predicted octanol–water partition coefficient (Wildman–Crippen LogP) is 2.78. The van der Waals surface area contributed by atoms with Crippen molar-refractivity contribution in [1.82, 2.24) is 5.32 Å². The molecule has 0 aliphatic heterocycles. The Kier molecular flexibility index (Phi) is 4.09. The zero-order valence-electron chi connectivity index (χ0n) is 10.1. The van der Waals surface area contributed by atoms with Gasteiger partial charge in [0, 0.05) is 17.8 Å². The van der Waals surface area contributed by atoms with Crippen molar-refractivity contribution in [3.8, 4) is 6.07 Å². The van der Waals surface area contributed by atoms with Crippen LogP contribution < -0.4 is 5.32 Å². The molecule has 0 heterocycles. The van der Waals surface area contributed by atoms with Crippen molar-refractivity contribution in [2.45, 2.75) is 23.5 Å². The zero-order chi connectivity index (χ0) is 12.1. The van der Waals surface area contributed by atoms with Crippen LogP contribution in [0.15, 0.2) is 30.3 Å². The van der Waals surface area contributed by atoms with E-state index in [-0.39, 0.29) is 5.92 Å². The molecule has 1 saturated carbocycles. The number of nitriles is 1. The molecule has 2 nitrogen and oxygen atoms in total. The Morgan fingerprint density at radius 2 is 2.12 bits per heavy atom. The lowest BCUT2D eigenvalue weighted by molar-refractivity contribution is 0.633. The quantitative estimate of drug-likeness (QED) is 0.838. The highest BCUT2D eigenvalue weighted by Gasteiger charge is 2.41. The summed E-state index contributed by atoms with van der Waals surface area (Å²) < 4.78 is 0.469. The molecule has 0 amide bonds. The van der Waals surface area contributed by atoms with Gasteiger partial charge < -0.3 is 5.32 Å². The summed E-state index contributed by atoms with van der Waals surface area (Å²) in [6.45, 7) is 1.78. The van der Waals surface area contributed by atoms with E-state index in [4.69, 9.17) is 0 Å². The average Bonchev–Trinajstić information content (AvgIpc) is 3.16. The third-order valence-corrected chi connectivity index (χ3v) is 4.81. The van der Waals surface area contributed by atoms with E-state index in [1.54, 1.807) is 0 Å². The maximum Gasteiger partial charge on any atom is 0.0837 e. The summed E-state index contributed by atoms with van der Waals surface area (Å²) in [5, 5.41) is 12.6. The lowest BCUT2D eigenvalue weighted by atomic mass is 10.0. The highest BCUT2D eigenvalue weighted by molar-refractivity contribution is 8.00. The number of benzene rings is 1. The van der Waals surface area contributed by atoms with Crippen molar-refractivity contribution in [3.05, 3.63) is 35.9 Å². The van der Waals surface area contributed by atoms with Gasteiger partial charge >= 0.3 is 0 Å². The van der Waals surface area contributed by atoms with Crippen LogP contribution in [0, 0.1) is 11.3 Å². The van der Waals surface area contributed by atoms with Crippen molar-refractivity contribution in [1.29, 1.82) is 5.26 Å². The highest BCUT2D eigenvalue weighted by Crippen LogP contribution is 2.46. The van der Waals surface area contributed by atoms with Crippen LogP contribution in [0.3, 0.4) is 0 Å². The van der Waals surface area contributed by atoms with Gasteiger partial charge in [-0.05, 0) is 24.7 Å². The van der Waals surface area contributed by atoms with Gasteiger partial charge in [0.25, 0.3) is 0 Å². The Morgan fingerprint density at radius 3 is 2.65 bits per heavy atom. The largest absolute Gasteiger partial charge is 0.314 e. The highest BCUT2D eigenvalue weighted by atomic mass is 32.2. The third kappa shape index (κ3) is 3.24. The Morgan fingerprint density at radius 1 is 1.41 bits per heavy atom. The molecule has 0 aromatic heterocycles. The number of rotatable bonds is 6. The fourth-order valence-corrected chi connectivity index (χ4v) is 2.72. The Hall–Kier alpha value is -0.980. The van der Waals surface area contributed by atoms with Crippen LogP contribution >= 0.6 is 11.8 Å². The first-order chi connectivity index (χ1) is 8.29. The summed E-state index contributed by atoms with van der Waals surface area (Å²) >= 11 is 1.95. The van der Waals surface area contributed by atoms with Gasteiger partial charge in [0.15, 0.2) is 0 Å². The van der Waals surface area contributed by atoms with Crippen LogP contribution in [0.4, 0.5) is 0 Å². The van der Waals surface area contributed by atoms with Gasteiger partial charge in [-0.2, -0.15) is 17.0 Å². The first-order valence-corrected chi connectivity index (χ1v) is 7.22. The maximum absolute atomic E-state index is 9.19. The molecular formula is C14H18N2S. The molecule has 1 unspecified atom stereocenters. The van der Waals surface area contributed by atoms with Crippen LogP contribution in [0.5, 0.6) is 0 Å². The van der Waals surface area contributed by atoms with Crippen LogP contribution in [0.2, 0.25) is 0 Å². The second-order valence-corrected chi connectivity index (χ2v) is 5.88. The van der Waals surface area contributed by atoms with Crippen molar-refractivity contribution in [2.24, 2.45) is 0 Å². The maximum atomic E-state index is 9.19. The summed E-state index contributed by atoms with van der Waals surface area (Å²) in [5.41, 5.74) is 1.11. The van der Waals surface area contributed by atoms with Crippen molar-refractivity contribution in [3.63, 3.8) is 0 Å². The van der Waals surface area contributed by atoms with Gasteiger partial charge in [0.05, 0.1) is 12.0 Å². The second-order valence-electron chi connectivity index (χ2n) is 4.61. The minimum absolute atomic E-state index is 0.0335. The number of thioether (sulfide) groups is 1. The number of hydrogen-bond acceptors (Lipinski definition) is 3. The summed E-state index contributed by atoms with van der Waals surface area (Å²) in [6, 6.07) is 12.4. The minimum atomic E-state index is -0.0335. The lowest BCUT2D eigenvalue weighted by Gasteiger charge is -2.15. The number of hydrogen-bond donors (Lipinski definition) is 1. The predicted molar refractivity (Wildman–Crippen MR) is 73.1 cm³/mol. The van der Waals surface area contributed by atoms with E-state index in [1.807, 2.05) is 42.1 Å². The van der Waals surface area contributed by atoms with Gasteiger partial charge in [0.1, 0.15) is 0 Å². The van der Waals surface area contributed by atoms with E-state index >= 15 is 0 Å². The fraction of sp³-hybridized carbons (Fsp3) is 0.500. The number of nitrogens with one attached hydrogen (secondary N) is 1. The van der Waals surface area contributed by atoms with Crippen LogP contribution in [0.25, 0.3) is 0 Å². The summed E-state index contributed by atoms with van der Waals surface area (Å²) in [7, 11) is 0. The first kappa shape index (κ1) is 12.5. The molecule has 3 heteroatoms. The molecule has 1 fully saturated rings. The second kappa shape index (κ2) is 5.57. The molecule has 1 aromatic rings. The minimum Gasteiger partial charge on any atom is -0.314 e. The molecule has 0 saturated heterocycles. The topological polar surface area (TPSA) is 35.8 Å². The van der Waals surface area contributed by atoms with Crippen molar-refractivity contribution < 1.29 is 0 Å². The monoisotopic (exact) mass is 246 g/mol. The van der Waals surface area contributed by atoms with E-state index in [2.05, 4.69) is 17.6 Å². The molecule has 1 aromatic carbocycles. The molecule has 1 aliphatic carbocycles. The van der Waals surface area contributed by atoms with E-state index < -0.39 is 0 Å². The Bertz CT molecular complexity index is 392. The van der Waals surface area contributed by atoms with Crippen molar-refractivity contribution in [2.75, 3.05) is 19.3 Å². The molecule has 1 N–H and O–H groups in total. The molecule has 0 spiro atoms.